The molecular formula is C22H28FN5O. The predicted molar refractivity (Wildman–Crippen MR) is 110 cm³/mol. The van der Waals surface area contributed by atoms with Crippen molar-refractivity contribution in [1.82, 2.24) is 20.0 Å². The molecule has 1 fully saturated rings. The van der Waals surface area contributed by atoms with Gasteiger partial charge in [-0.25, -0.2) is 4.39 Å². The molecule has 4 heterocycles. The number of halogens is 1. The van der Waals surface area contributed by atoms with Crippen LogP contribution in [0.5, 0.6) is 0 Å². The lowest BCUT2D eigenvalue weighted by molar-refractivity contribution is -0.125. The Morgan fingerprint density at radius 3 is 2.72 bits per heavy atom. The first-order chi connectivity index (χ1) is 14.2. The summed E-state index contributed by atoms with van der Waals surface area (Å²) in [5.41, 5.74) is 3.01. The van der Waals surface area contributed by atoms with E-state index in [4.69, 9.17) is 0 Å². The number of guanidine groups is 1. The number of carbonyl (C=O) groups excluding carboxylic acids is 1. The van der Waals surface area contributed by atoms with Gasteiger partial charge in [-0.15, -0.1) is 0 Å². The van der Waals surface area contributed by atoms with Crippen LogP contribution in [0, 0.1) is 11.7 Å². The van der Waals surface area contributed by atoms with E-state index in [1.54, 1.807) is 17.0 Å². The molecule has 1 N–H and O–H groups in total. The summed E-state index contributed by atoms with van der Waals surface area (Å²) < 4.78 is 13.3. The standard InChI is InChI=1S/C22H28FN5O/c23-18-3-1-16(2-4-18)14-28-21(29)19-15-26(13-17-5-8-24-9-6-17)11-7-20(19)27-12-10-25-22(27)28/h1-4,17,24H,5-15H2. The van der Waals surface area contributed by atoms with E-state index in [0.717, 1.165) is 75.2 Å². The number of piperidine rings is 1. The van der Waals surface area contributed by atoms with Crippen LogP contribution in [0.1, 0.15) is 24.8 Å². The van der Waals surface area contributed by atoms with Gasteiger partial charge in [-0.2, -0.15) is 0 Å². The topological polar surface area (TPSA) is 51.2 Å². The van der Waals surface area contributed by atoms with Gasteiger partial charge in [-0.05, 0) is 49.5 Å². The van der Waals surface area contributed by atoms with Gasteiger partial charge in [-0.3, -0.25) is 19.6 Å². The van der Waals surface area contributed by atoms with Gasteiger partial charge in [0.2, 0.25) is 5.96 Å². The van der Waals surface area contributed by atoms with Crippen LogP contribution in [-0.2, 0) is 11.3 Å². The molecule has 4 aliphatic rings. The number of nitrogens with one attached hydrogen (secondary N) is 1. The molecular weight excluding hydrogens is 369 g/mol. The van der Waals surface area contributed by atoms with E-state index in [1.165, 1.54) is 30.7 Å². The third-order valence-corrected chi connectivity index (χ3v) is 6.51. The SMILES string of the molecule is O=C1C2=C(CCN(CC3CCNCC3)C2)N2CCN=C2N1Cc1ccc(F)cc1. The van der Waals surface area contributed by atoms with E-state index >= 15 is 0 Å². The number of fused-ring (bicyclic) bond motifs is 2. The fourth-order valence-corrected chi connectivity index (χ4v) is 4.97. The summed E-state index contributed by atoms with van der Waals surface area (Å²) in [6.45, 7) is 7.01. The molecule has 5 rings (SSSR count). The number of nitrogens with zero attached hydrogens (tertiary/aromatic N) is 4. The second-order valence-corrected chi connectivity index (χ2v) is 8.45. The maximum atomic E-state index is 13.5. The van der Waals surface area contributed by atoms with Crippen molar-refractivity contribution in [2.75, 3.05) is 45.8 Å². The molecule has 29 heavy (non-hydrogen) atoms. The number of hydrogen-bond donors (Lipinski definition) is 1. The molecule has 0 bridgehead atoms. The van der Waals surface area contributed by atoms with Crippen LogP contribution in [0.3, 0.4) is 0 Å². The van der Waals surface area contributed by atoms with E-state index in [-0.39, 0.29) is 11.7 Å². The molecule has 4 aliphatic heterocycles. The smallest absolute Gasteiger partial charge is 0.259 e. The van der Waals surface area contributed by atoms with E-state index in [2.05, 4.69) is 20.1 Å². The summed E-state index contributed by atoms with van der Waals surface area (Å²) in [6, 6.07) is 6.39. The zero-order valence-electron chi connectivity index (χ0n) is 16.7. The minimum Gasteiger partial charge on any atom is -0.317 e. The largest absolute Gasteiger partial charge is 0.317 e. The van der Waals surface area contributed by atoms with Crippen molar-refractivity contribution in [2.45, 2.75) is 25.8 Å². The normalized spacial score (nSPS) is 23.3. The Balaban J connectivity index is 1.36. The number of amides is 1. The number of carbonyl (C=O) groups is 1. The van der Waals surface area contributed by atoms with Crippen molar-refractivity contribution < 1.29 is 9.18 Å². The lowest BCUT2D eigenvalue weighted by Crippen LogP contribution is -2.54. The molecule has 0 unspecified atom stereocenters. The number of benzene rings is 1. The molecule has 6 nitrogen and oxygen atoms in total. The van der Waals surface area contributed by atoms with Crippen molar-refractivity contribution in [3.05, 3.63) is 46.9 Å². The number of aliphatic imine (C=N–C) groups is 1. The Bertz CT molecular complexity index is 843. The first-order valence-electron chi connectivity index (χ1n) is 10.7. The highest BCUT2D eigenvalue weighted by molar-refractivity contribution is 6.09. The molecule has 154 valence electrons. The first kappa shape index (κ1) is 18.8. The highest BCUT2D eigenvalue weighted by Crippen LogP contribution is 2.32. The van der Waals surface area contributed by atoms with Gasteiger partial charge < -0.3 is 10.2 Å². The van der Waals surface area contributed by atoms with E-state index in [0.29, 0.717) is 6.54 Å². The predicted octanol–water partition coefficient (Wildman–Crippen LogP) is 1.80. The summed E-state index contributed by atoms with van der Waals surface area (Å²) in [5, 5.41) is 3.43. The van der Waals surface area contributed by atoms with Crippen LogP contribution in [-0.4, -0.2) is 72.4 Å². The average Bonchev–Trinajstić information content (AvgIpc) is 3.23. The highest BCUT2D eigenvalue weighted by Gasteiger charge is 2.41. The van der Waals surface area contributed by atoms with Crippen LogP contribution < -0.4 is 5.32 Å². The van der Waals surface area contributed by atoms with E-state index in [9.17, 15) is 9.18 Å². The molecule has 0 saturated carbocycles. The maximum absolute atomic E-state index is 13.5. The third-order valence-electron chi connectivity index (χ3n) is 6.51. The molecule has 1 saturated heterocycles. The minimum atomic E-state index is -0.260. The Labute approximate surface area is 171 Å². The molecule has 1 aromatic carbocycles. The van der Waals surface area contributed by atoms with Crippen LogP contribution in [0.15, 0.2) is 40.5 Å². The molecule has 1 aromatic rings. The third kappa shape index (κ3) is 3.69. The molecule has 0 aromatic heterocycles. The number of hydrogen-bond acceptors (Lipinski definition) is 5. The van der Waals surface area contributed by atoms with Crippen molar-refractivity contribution in [2.24, 2.45) is 10.9 Å². The Hall–Kier alpha value is -2.25. The highest BCUT2D eigenvalue weighted by atomic mass is 19.1. The Kier molecular flexibility index (Phi) is 5.09. The molecule has 0 spiro atoms. The van der Waals surface area contributed by atoms with Crippen molar-refractivity contribution in [1.29, 1.82) is 0 Å². The summed E-state index contributed by atoms with van der Waals surface area (Å²) >= 11 is 0. The lowest BCUT2D eigenvalue weighted by atomic mass is 9.95. The zero-order chi connectivity index (χ0) is 19.8. The Morgan fingerprint density at radius 1 is 1.14 bits per heavy atom. The molecule has 0 atom stereocenters. The second-order valence-electron chi connectivity index (χ2n) is 8.45. The van der Waals surface area contributed by atoms with Crippen LogP contribution in [0.2, 0.25) is 0 Å². The molecule has 0 radical (unpaired) electrons. The van der Waals surface area contributed by atoms with Gasteiger partial charge >= 0.3 is 0 Å². The van der Waals surface area contributed by atoms with Crippen LogP contribution in [0.25, 0.3) is 0 Å². The molecule has 0 aliphatic carbocycles. The summed E-state index contributed by atoms with van der Waals surface area (Å²) in [7, 11) is 0. The molecule has 1 amide bonds. The second kappa shape index (κ2) is 7.88. The summed E-state index contributed by atoms with van der Waals surface area (Å²) in [4.78, 5) is 24.6. The van der Waals surface area contributed by atoms with Crippen LogP contribution in [0.4, 0.5) is 4.39 Å². The van der Waals surface area contributed by atoms with Gasteiger partial charge in [0.1, 0.15) is 5.82 Å². The van der Waals surface area contributed by atoms with Gasteiger partial charge in [0, 0.05) is 38.3 Å². The van der Waals surface area contributed by atoms with Gasteiger partial charge in [-0.1, -0.05) is 12.1 Å². The lowest BCUT2D eigenvalue weighted by Gasteiger charge is -2.42. The first-order valence-corrected chi connectivity index (χ1v) is 10.7. The van der Waals surface area contributed by atoms with Gasteiger partial charge in [0.25, 0.3) is 5.91 Å². The van der Waals surface area contributed by atoms with Crippen LogP contribution >= 0.6 is 0 Å². The molecule has 7 heteroatoms. The minimum absolute atomic E-state index is 0.0660. The quantitative estimate of drug-likeness (QED) is 0.842. The van der Waals surface area contributed by atoms with E-state index in [1.807, 2.05) is 0 Å². The van der Waals surface area contributed by atoms with Gasteiger partial charge in [0.05, 0.1) is 18.7 Å². The monoisotopic (exact) mass is 397 g/mol. The number of rotatable bonds is 4. The fourth-order valence-electron chi connectivity index (χ4n) is 4.97. The maximum Gasteiger partial charge on any atom is 0.259 e. The Morgan fingerprint density at radius 2 is 1.93 bits per heavy atom. The van der Waals surface area contributed by atoms with Crippen molar-refractivity contribution in [3.8, 4) is 0 Å². The zero-order valence-corrected chi connectivity index (χ0v) is 16.7. The van der Waals surface area contributed by atoms with Crippen molar-refractivity contribution in [3.63, 3.8) is 0 Å². The van der Waals surface area contributed by atoms with Gasteiger partial charge in [0.15, 0.2) is 0 Å². The average molecular weight is 397 g/mol. The summed E-state index contributed by atoms with van der Waals surface area (Å²) in [5.74, 6) is 1.29. The fraction of sp³-hybridized carbons (Fsp3) is 0.545. The van der Waals surface area contributed by atoms with Crippen molar-refractivity contribution >= 4 is 11.9 Å². The summed E-state index contributed by atoms with van der Waals surface area (Å²) in [6.07, 6.45) is 3.35. The van der Waals surface area contributed by atoms with E-state index < -0.39 is 0 Å².